The van der Waals surface area contributed by atoms with Gasteiger partial charge >= 0.3 is 29.8 Å². The van der Waals surface area contributed by atoms with Gasteiger partial charge in [-0.25, -0.2) is 14.4 Å². The number of phenols is 2. The monoisotopic (exact) mass is 1370 g/mol. The van der Waals surface area contributed by atoms with Crippen molar-refractivity contribution in [3.63, 3.8) is 0 Å². The van der Waals surface area contributed by atoms with Gasteiger partial charge in [-0.15, -0.1) is 0 Å². The first kappa shape index (κ1) is 74.6. The van der Waals surface area contributed by atoms with E-state index in [1.165, 1.54) is 81.0 Å². The van der Waals surface area contributed by atoms with Crippen molar-refractivity contribution in [2.75, 3.05) is 53.9 Å². The zero-order valence-corrected chi connectivity index (χ0v) is 51.5. The fraction of sp³-hybridized carbons (Fsp3) is 0.557. The van der Waals surface area contributed by atoms with Crippen LogP contribution in [-0.4, -0.2) is 302 Å². The minimum atomic E-state index is -3.03. The van der Waals surface area contributed by atoms with Crippen LogP contribution in [0.15, 0.2) is 78.9 Å². The van der Waals surface area contributed by atoms with E-state index < -0.39 is 216 Å². The molecule has 0 aliphatic carbocycles. The maximum Gasteiger partial charge on any atom is 0.338 e. The first-order chi connectivity index (χ1) is 45.7. The van der Waals surface area contributed by atoms with E-state index >= 15 is 0 Å². The third-order valence-corrected chi connectivity index (χ3v) is 15.8. The summed E-state index contributed by atoms with van der Waals surface area (Å²) in [6, 6.07) is 14.9. The molecule has 5 heterocycles. The zero-order chi connectivity index (χ0) is 69.9. The molecule has 14 N–H and O–H groups in total. The molecule has 0 radical (unpaired) electrons. The second-order valence-corrected chi connectivity index (χ2v) is 22.4. The van der Waals surface area contributed by atoms with Crippen LogP contribution in [0.1, 0.15) is 35.3 Å². The highest BCUT2D eigenvalue weighted by atomic mass is 16.8. The fourth-order valence-corrected chi connectivity index (χ4v) is 10.8. The number of hydrogen-bond donors (Lipinski definition) is 14. The van der Waals surface area contributed by atoms with E-state index in [0.717, 1.165) is 32.1 Å². The van der Waals surface area contributed by atoms with Crippen LogP contribution in [0.3, 0.4) is 0 Å². The normalized spacial score (nSPS) is 35.4. The Kier molecular flexibility index (Phi) is 26.0. The molecule has 0 unspecified atom stereocenters. The number of aliphatic hydroxyl groups is 12. The quantitative estimate of drug-likeness (QED) is 0.0203. The van der Waals surface area contributed by atoms with Crippen LogP contribution in [0.2, 0.25) is 0 Å². The van der Waals surface area contributed by atoms with E-state index in [1.807, 2.05) is 0 Å². The number of ether oxygens (including phenoxy) is 16. The number of rotatable bonds is 26. The zero-order valence-electron chi connectivity index (χ0n) is 51.5. The number of phenolic OH excluding ortho intramolecular Hbond substituents is 2. The van der Waals surface area contributed by atoms with Crippen molar-refractivity contribution in [3.05, 3.63) is 95.6 Å². The Bertz CT molecular complexity index is 3150. The summed E-state index contributed by atoms with van der Waals surface area (Å²) in [6.45, 7) is -4.52. The maximum atomic E-state index is 14.4. The molecule has 0 spiro atoms. The van der Waals surface area contributed by atoms with E-state index in [1.54, 1.807) is 6.07 Å². The van der Waals surface area contributed by atoms with Gasteiger partial charge in [-0.1, -0.05) is 30.3 Å². The Morgan fingerprint density at radius 3 is 1.44 bits per heavy atom. The third-order valence-electron chi connectivity index (χ3n) is 15.8. The average molecular weight is 1370 g/mol. The van der Waals surface area contributed by atoms with Crippen molar-refractivity contribution in [1.82, 2.24) is 0 Å². The number of aromatic hydroxyl groups is 2. The lowest BCUT2D eigenvalue weighted by atomic mass is 9.95. The summed E-state index contributed by atoms with van der Waals surface area (Å²) in [4.78, 5) is 67.8. The van der Waals surface area contributed by atoms with Crippen molar-refractivity contribution in [3.8, 4) is 23.0 Å². The summed E-state index contributed by atoms with van der Waals surface area (Å²) in [5.74, 6) is -9.41. The molecule has 8 rings (SSSR count). The van der Waals surface area contributed by atoms with Gasteiger partial charge in [0.1, 0.15) is 124 Å². The van der Waals surface area contributed by atoms with Crippen LogP contribution >= 0.6 is 0 Å². The molecule has 35 nitrogen and oxygen atoms in total. The molecule has 530 valence electrons. The average Bonchev–Trinajstić information content (AvgIpc) is 1.35. The molecule has 24 atom stereocenters. The molecule has 5 aliphatic rings. The molecule has 3 aromatic rings. The lowest BCUT2D eigenvalue weighted by Crippen LogP contribution is -2.69. The van der Waals surface area contributed by atoms with Gasteiger partial charge < -0.3 is 147 Å². The van der Waals surface area contributed by atoms with Crippen LogP contribution in [-0.2, 0) is 85.5 Å². The summed E-state index contributed by atoms with van der Waals surface area (Å²) in [6.07, 6.45) is -45.7. The van der Waals surface area contributed by atoms with E-state index in [-0.39, 0.29) is 39.7 Å². The van der Waals surface area contributed by atoms with Crippen molar-refractivity contribution in [2.24, 2.45) is 0 Å². The van der Waals surface area contributed by atoms with Gasteiger partial charge in [-0.2, -0.15) is 0 Å². The highest BCUT2D eigenvalue weighted by molar-refractivity contribution is 5.90. The molecule has 0 saturated carbocycles. The van der Waals surface area contributed by atoms with Gasteiger partial charge in [0.05, 0.1) is 39.6 Å². The number of aliphatic hydroxyl groups excluding tert-OH is 12. The second-order valence-electron chi connectivity index (χ2n) is 22.4. The SMILES string of the molecule is COc1cc(C=CC(=O)OC[C@]2(O[C@@H]3O[C@H](COC(C)=O)[C@@H](OC(=O)C=Cc4ccc(O)c(OC)c4)[C@@H](O[C@@H]4O[C@@H](COC(C)=O)[C@@H](O[C@H]5O[C@@H](CO)[C@H](O)[C@H](O)[C@@H]5O)[C@@H](O)[C@@H]4O)[C@@H]3O[C@H]3O[C@H](CO)[C@@H](O)[C@@H](O)[C@H]3O)O[C@H](CO)[C@H](O)[C@@H]2OC(=O)c2ccccc2)ccc1O. The maximum absolute atomic E-state index is 14.4. The molecule has 0 aromatic heterocycles. The van der Waals surface area contributed by atoms with E-state index in [9.17, 15) is 95.5 Å². The summed E-state index contributed by atoms with van der Waals surface area (Å²) in [5, 5.41) is 154. The van der Waals surface area contributed by atoms with Gasteiger partial charge in [0.25, 0.3) is 0 Å². The summed E-state index contributed by atoms with van der Waals surface area (Å²) in [7, 11) is 2.51. The Balaban J connectivity index is 1.29. The van der Waals surface area contributed by atoms with E-state index in [2.05, 4.69) is 0 Å². The number of carbonyl (C=O) groups excluding carboxylic acids is 5. The predicted molar refractivity (Wildman–Crippen MR) is 310 cm³/mol. The number of hydrogen-bond acceptors (Lipinski definition) is 35. The number of carbonyl (C=O) groups is 5. The molecule has 96 heavy (non-hydrogen) atoms. The van der Waals surface area contributed by atoms with Gasteiger partial charge in [0.15, 0.2) is 60.4 Å². The highest BCUT2D eigenvalue weighted by Gasteiger charge is 2.64. The van der Waals surface area contributed by atoms with Crippen LogP contribution in [0.4, 0.5) is 0 Å². The topological polar surface area (TPSA) is 516 Å². The summed E-state index contributed by atoms with van der Waals surface area (Å²) >= 11 is 0. The molecule has 5 saturated heterocycles. The second kappa shape index (κ2) is 33.4. The van der Waals surface area contributed by atoms with Gasteiger partial charge in [0, 0.05) is 26.0 Å². The van der Waals surface area contributed by atoms with Crippen molar-refractivity contribution < 1.29 is 171 Å². The van der Waals surface area contributed by atoms with Gasteiger partial charge in [-0.05, 0) is 59.7 Å². The summed E-state index contributed by atoms with van der Waals surface area (Å²) in [5.41, 5.74) is 0.316. The summed E-state index contributed by atoms with van der Waals surface area (Å²) < 4.78 is 94.2. The van der Waals surface area contributed by atoms with E-state index in [0.29, 0.717) is 0 Å². The Hall–Kier alpha value is -7.15. The number of esters is 5. The minimum Gasteiger partial charge on any atom is -0.504 e. The predicted octanol–water partition coefficient (Wildman–Crippen LogP) is -4.96. The lowest BCUT2D eigenvalue weighted by molar-refractivity contribution is -0.423. The molecule has 3 aromatic carbocycles. The van der Waals surface area contributed by atoms with Crippen molar-refractivity contribution >= 4 is 42.0 Å². The molecule has 0 bridgehead atoms. The minimum absolute atomic E-state index is 0.00258. The first-order valence-electron chi connectivity index (χ1n) is 29.6. The molecule has 5 fully saturated rings. The van der Waals surface area contributed by atoms with Crippen LogP contribution in [0, 0.1) is 0 Å². The van der Waals surface area contributed by atoms with Gasteiger partial charge in [-0.3, -0.25) is 9.59 Å². The first-order valence-corrected chi connectivity index (χ1v) is 29.6. The Morgan fingerprint density at radius 1 is 0.479 bits per heavy atom. The third kappa shape index (κ3) is 17.6. The number of methoxy groups -OCH3 is 2. The molecule has 0 amide bonds. The van der Waals surface area contributed by atoms with Gasteiger partial charge in [0.2, 0.25) is 5.79 Å². The molecular weight excluding hydrogens is 1290 g/mol. The smallest absolute Gasteiger partial charge is 0.338 e. The van der Waals surface area contributed by atoms with Crippen LogP contribution in [0.5, 0.6) is 23.0 Å². The molecular formula is C61H76O35. The van der Waals surface area contributed by atoms with Crippen LogP contribution in [0.25, 0.3) is 12.2 Å². The number of benzene rings is 3. The van der Waals surface area contributed by atoms with Crippen molar-refractivity contribution in [1.29, 1.82) is 0 Å². The lowest BCUT2D eigenvalue weighted by Gasteiger charge is -2.51. The van der Waals surface area contributed by atoms with Crippen LogP contribution < -0.4 is 9.47 Å². The fourth-order valence-electron chi connectivity index (χ4n) is 10.8. The van der Waals surface area contributed by atoms with E-state index in [4.69, 9.17) is 75.8 Å². The molecule has 35 heteroatoms. The largest absolute Gasteiger partial charge is 0.504 e. The molecule has 5 aliphatic heterocycles. The Labute approximate surface area is 545 Å². The van der Waals surface area contributed by atoms with Crippen molar-refractivity contribution in [2.45, 2.75) is 161 Å². The Morgan fingerprint density at radius 2 is 0.938 bits per heavy atom. The highest BCUT2D eigenvalue weighted by Crippen LogP contribution is 2.43. The standard InChI is InChI=1S/C61H76O35/c1-26(65)83-23-38-51(91-57-48(77)45(74)42(71)35(20-62)86-57)47(76)50(79)59(88-38)92-53-52(90-41(70)17-13-29-11-15-32(68)34(19-29)82-4)39(24-84-27(2)66)89-60(54(53)93-58-49(78)46(75)43(72)36(21-63)87-58)96-61(25-85-40(69)16-12-28-10-14-31(67)33(18-28)81-3)55(44(73)37(22-64)95-61)94-56(80)30-8-6-5-7-9-30/h5-19,35-39,42-55,57-60,62-64,67-68,71-79H,20-25H2,1-4H3/t35-,36+,37+,38-,39+,42-,43+,44-,45-,46+,47-,48-,49+,50-,51+,52+,53+,54-,55-,57+,58+,59-,60-,61+/m0/s1.